The van der Waals surface area contributed by atoms with Crippen molar-refractivity contribution in [1.29, 1.82) is 0 Å². The summed E-state index contributed by atoms with van der Waals surface area (Å²) in [6, 6.07) is 1.03. The summed E-state index contributed by atoms with van der Waals surface area (Å²) in [6.45, 7) is 26.5. The highest BCUT2D eigenvalue weighted by atomic mass is 28.4. The first kappa shape index (κ1) is 29.0. The van der Waals surface area contributed by atoms with Crippen molar-refractivity contribution in [3.8, 4) is 0 Å². The van der Waals surface area contributed by atoms with Crippen molar-refractivity contribution in [2.24, 2.45) is 0 Å². The monoisotopic (exact) mass is 431 g/mol. The highest BCUT2D eigenvalue weighted by Crippen LogP contribution is 2.16. The molecule has 0 rings (SSSR count). The highest BCUT2D eigenvalue weighted by Gasteiger charge is 2.37. The van der Waals surface area contributed by atoms with E-state index >= 15 is 0 Å². The maximum atomic E-state index is 6.28. The molecule has 0 atom stereocenters. The number of rotatable bonds is 21. The van der Waals surface area contributed by atoms with E-state index in [0.29, 0.717) is 0 Å². The average Bonchev–Trinajstić information content (AvgIpc) is 2.72. The van der Waals surface area contributed by atoms with Crippen LogP contribution in [0, 0.1) is 0 Å². The van der Waals surface area contributed by atoms with Gasteiger partial charge < -0.3 is 23.6 Å². The third-order valence-corrected chi connectivity index (χ3v) is 9.33. The number of nitrogens with zero attached hydrogens (tertiary/aromatic N) is 3. The van der Waals surface area contributed by atoms with Crippen molar-refractivity contribution >= 4 is 8.56 Å². The Morgan fingerprint density at radius 1 is 0.552 bits per heavy atom. The van der Waals surface area contributed by atoms with E-state index in [0.717, 1.165) is 51.6 Å². The van der Waals surface area contributed by atoms with Crippen molar-refractivity contribution in [1.82, 2.24) is 14.7 Å². The fourth-order valence-corrected chi connectivity index (χ4v) is 7.06. The maximum absolute atomic E-state index is 6.28. The third-order valence-electron chi connectivity index (χ3n) is 5.69. The van der Waals surface area contributed by atoms with Gasteiger partial charge in [0.1, 0.15) is 0 Å². The molecular formula is C23H53N3O2Si. The molecule has 176 valence electrons. The van der Waals surface area contributed by atoms with Crippen LogP contribution in [0.25, 0.3) is 0 Å². The van der Waals surface area contributed by atoms with E-state index in [-0.39, 0.29) is 0 Å². The molecule has 0 spiro atoms. The lowest BCUT2D eigenvalue weighted by Crippen LogP contribution is -2.53. The van der Waals surface area contributed by atoms with Crippen LogP contribution in [0.1, 0.15) is 74.1 Å². The van der Waals surface area contributed by atoms with Crippen LogP contribution in [-0.4, -0.2) is 95.0 Å². The molecule has 0 aromatic rings. The van der Waals surface area contributed by atoms with Gasteiger partial charge in [-0.1, -0.05) is 34.6 Å². The molecule has 5 nitrogen and oxygen atoms in total. The lowest BCUT2D eigenvalue weighted by Gasteiger charge is -2.35. The Hall–Kier alpha value is 0.0169. The molecule has 0 fully saturated rings. The van der Waals surface area contributed by atoms with Gasteiger partial charge >= 0.3 is 8.56 Å². The fraction of sp³-hybridized carbons (Fsp3) is 1.00. The van der Waals surface area contributed by atoms with Gasteiger partial charge in [-0.15, -0.1) is 0 Å². The fourth-order valence-electron chi connectivity index (χ4n) is 4.11. The van der Waals surface area contributed by atoms with E-state index in [4.69, 9.17) is 8.85 Å². The van der Waals surface area contributed by atoms with Crippen molar-refractivity contribution in [2.45, 2.75) is 80.2 Å². The van der Waals surface area contributed by atoms with Gasteiger partial charge in [-0.2, -0.15) is 0 Å². The van der Waals surface area contributed by atoms with Crippen LogP contribution in [0.3, 0.4) is 0 Å². The highest BCUT2D eigenvalue weighted by molar-refractivity contribution is 6.67. The molecule has 0 bridgehead atoms. The van der Waals surface area contributed by atoms with Gasteiger partial charge in [0.05, 0.1) is 0 Å². The van der Waals surface area contributed by atoms with Gasteiger partial charge in [0, 0.05) is 19.4 Å². The molecule has 0 aromatic carbocycles. The molecule has 0 unspecified atom stereocenters. The normalized spacial score (nSPS) is 12.6. The van der Waals surface area contributed by atoms with E-state index in [9.17, 15) is 0 Å². The zero-order chi connectivity index (χ0) is 22.0. The zero-order valence-corrected chi connectivity index (χ0v) is 22.0. The first-order chi connectivity index (χ1) is 14.0. The summed E-state index contributed by atoms with van der Waals surface area (Å²) in [5.41, 5.74) is 0. The first-order valence-corrected chi connectivity index (χ1v) is 14.7. The van der Waals surface area contributed by atoms with Crippen LogP contribution in [0.5, 0.6) is 0 Å². The van der Waals surface area contributed by atoms with Crippen LogP contribution < -0.4 is 0 Å². The minimum atomic E-state index is -2.14. The SMILES string of the molecule is CCCN(CC)CCCN(CCCN(CC)CCC)C[Si](CC)(OCC)OCC. The van der Waals surface area contributed by atoms with Crippen LogP contribution in [-0.2, 0) is 8.85 Å². The second-order valence-electron chi connectivity index (χ2n) is 7.98. The Balaban J connectivity index is 4.91. The van der Waals surface area contributed by atoms with Gasteiger partial charge in [-0.05, 0) is 97.9 Å². The number of hydrogen-bond donors (Lipinski definition) is 0. The van der Waals surface area contributed by atoms with Crippen molar-refractivity contribution in [3.63, 3.8) is 0 Å². The summed E-state index contributed by atoms with van der Waals surface area (Å²) in [5.74, 6) is 0. The molecule has 6 heteroatoms. The Bertz CT molecular complexity index is 335. The van der Waals surface area contributed by atoms with Crippen molar-refractivity contribution < 1.29 is 8.85 Å². The zero-order valence-electron chi connectivity index (χ0n) is 21.0. The van der Waals surface area contributed by atoms with Gasteiger partial charge in [0.2, 0.25) is 0 Å². The third kappa shape index (κ3) is 13.1. The van der Waals surface area contributed by atoms with Gasteiger partial charge in [0.15, 0.2) is 0 Å². The second-order valence-corrected chi connectivity index (χ2v) is 11.4. The summed E-state index contributed by atoms with van der Waals surface area (Å²) in [6.07, 6.45) is 5.94. The van der Waals surface area contributed by atoms with Gasteiger partial charge in [-0.25, -0.2) is 0 Å². The van der Waals surface area contributed by atoms with E-state index in [2.05, 4.69) is 63.2 Å². The smallest absolute Gasteiger partial charge is 0.352 e. The molecule has 0 aromatic heterocycles. The van der Waals surface area contributed by atoms with Gasteiger partial charge in [-0.3, -0.25) is 0 Å². The molecule has 0 heterocycles. The molecule has 0 aliphatic heterocycles. The van der Waals surface area contributed by atoms with Crippen LogP contribution in [0.4, 0.5) is 0 Å². The summed E-state index contributed by atoms with van der Waals surface area (Å²) in [7, 11) is -2.14. The lowest BCUT2D eigenvalue weighted by atomic mass is 10.3. The molecule has 0 saturated carbocycles. The second kappa shape index (κ2) is 18.8. The van der Waals surface area contributed by atoms with E-state index < -0.39 is 8.56 Å². The minimum absolute atomic E-state index is 0.758. The van der Waals surface area contributed by atoms with Crippen molar-refractivity contribution in [2.75, 3.05) is 71.7 Å². The average molecular weight is 432 g/mol. The summed E-state index contributed by atoms with van der Waals surface area (Å²) >= 11 is 0. The Morgan fingerprint density at radius 2 is 0.966 bits per heavy atom. The maximum Gasteiger partial charge on any atom is 0.352 e. The molecule has 0 saturated heterocycles. The lowest BCUT2D eigenvalue weighted by molar-refractivity contribution is 0.153. The molecule has 0 N–H and O–H groups in total. The van der Waals surface area contributed by atoms with Crippen LogP contribution >= 0.6 is 0 Å². The molecule has 29 heavy (non-hydrogen) atoms. The Kier molecular flexibility index (Phi) is 18.8. The Labute approximate surface area is 184 Å². The van der Waals surface area contributed by atoms with E-state index in [1.54, 1.807) is 0 Å². The molecule has 0 aliphatic rings. The predicted molar refractivity (Wildman–Crippen MR) is 130 cm³/mol. The minimum Gasteiger partial charge on any atom is -0.394 e. The molecule has 0 aliphatic carbocycles. The van der Waals surface area contributed by atoms with Crippen LogP contribution in [0.2, 0.25) is 6.04 Å². The van der Waals surface area contributed by atoms with E-state index in [1.807, 2.05) is 0 Å². The first-order valence-electron chi connectivity index (χ1n) is 12.5. The van der Waals surface area contributed by atoms with E-state index in [1.165, 1.54) is 51.9 Å². The predicted octanol–water partition coefficient (Wildman–Crippen LogP) is 4.61. The van der Waals surface area contributed by atoms with Crippen molar-refractivity contribution in [3.05, 3.63) is 0 Å². The summed E-state index contributed by atoms with van der Waals surface area (Å²) in [4.78, 5) is 7.81. The van der Waals surface area contributed by atoms with Crippen LogP contribution in [0.15, 0.2) is 0 Å². The summed E-state index contributed by atoms with van der Waals surface area (Å²) in [5, 5.41) is 0. The van der Waals surface area contributed by atoms with Gasteiger partial charge in [0.25, 0.3) is 0 Å². The quantitative estimate of drug-likeness (QED) is 0.248. The molecular weight excluding hydrogens is 378 g/mol. The molecule has 0 amide bonds. The summed E-state index contributed by atoms with van der Waals surface area (Å²) < 4.78 is 12.6. The standard InChI is InChI=1S/C23H53N3O2Si/c1-8-17-24(10-3)19-15-21-26(22-16-20-25(11-4)18-9-2)23-29(14-7,27-12-5)28-13-6/h8-23H2,1-7H3. The Morgan fingerprint density at radius 3 is 1.28 bits per heavy atom. The topological polar surface area (TPSA) is 28.2 Å². The number of hydrogen-bond acceptors (Lipinski definition) is 5. The largest absolute Gasteiger partial charge is 0.394 e. The molecule has 0 radical (unpaired) electrons.